The van der Waals surface area contributed by atoms with Crippen molar-refractivity contribution in [2.45, 2.75) is 25.3 Å². The Bertz CT molecular complexity index is 968. The summed E-state index contributed by atoms with van der Waals surface area (Å²) in [5, 5.41) is 22.0. The molecular formula is C24H23NO4. The lowest BCUT2D eigenvalue weighted by Gasteiger charge is -2.18. The number of carbonyl (C=O) groups excluding carboxylic acids is 1. The summed E-state index contributed by atoms with van der Waals surface area (Å²) in [7, 11) is 0. The van der Waals surface area contributed by atoms with Gasteiger partial charge in [0.05, 0.1) is 0 Å². The highest BCUT2D eigenvalue weighted by Crippen LogP contribution is 2.21. The fourth-order valence-electron chi connectivity index (χ4n) is 3.17. The molecule has 0 aliphatic carbocycles. The first kappa shape index (κ1) is 20.1. The maximum absolute atomic E-state index is 12.8. The van der Waals surface area contributed by atoms with Crippen molar-refractivity contribution in [1.29, 1.82) is 0 Å². The normalized spacial score (nSPS) is 11.6. The minimum atomic E-state index is -0.960. The molecule has 0 saturated heterocycles. The van der Waals surface area contributed by atoms with Crippen LogP contribution < -0.4 is 5.32 Å². The molecule has 0 amide bonds. The molecule has 3 N–H and O–H groups in total. The van der Waals surface area contributed by atoms with Crippen LogP contribution in [0.5, 0.6) is 5.75 Å². The molecule has 0 heterocycles. The SMILES string of the molecule is O=C(c1ccccc1)c1ccccc1NC(CCCc1ccc(O)cc1)C(=O)O. The summed E-state index contributed by atoms with van der Waals surface area (Å²) in [6.07, 6.45) is 1.77. The second kappa shape index (κ2) is 9.55. The Morgan fingerprint density at radius 3 is 2.21 bits per heavy atom. The molecule has 3 aromatic carbocycles. The van der Waals surface area contributed by atoms with E-state index in [0.717, 1.165) is 5.56 Å². The summed E-state index contributed by atoms with van der Waals surface area (Å²) in [6, 6.07) is 22.0. The number of carboxylic acid groups (broad SMARTS) is 1. The number of nitrogens with one attached hydrogen (secondary N) is 1. The topological polar surface area (TPSA) is 86.6 Å². The standard InChI is InChI=1S/C24H23NO4/c26-19-15-13-17(14-16-19)7-6-12-22(24(28)29)25-21-11-5-4-10-20(21)23(27)18-8-2-1-3-9-18/h1-5,8-11,13-16,22,25-26H,6-7,12H2,(H,28,29). The van der Waals surface area contributed by atoms with Gasteiger partial charge in [0.1, 0.15) is 11.8 Å². The Labute approximate surface area is 169 Å². The lowest BCUT2D eigenvalue weighted by Crippen LogP contribution is -2.30. The number of carboxylic acids is 1. The quantitative estimate of drug-likeness (QED) is 0.469. The summed E-state index contributed by atoms with van der Waals surface area (Å²) in [6.45, 7) is 0. The third-order valence-corrected chi connectivity index (χ3v) is 4.73. The van der Waals surface area contributed by atoms with Crippen LogP contribution >= 0.6 is 0 Å². The van der Waals surface area contributed by atoms with Crippen molar-refractivity contribution in [2.75, 3.05) is 5.32 Å². The predicted molar refractivity (Wildman–Crippen MR) is 112 cm³/mol. The first-order valence-corrected chi connectivity index (χ1v) is 9.50. The Morgan fingerprint density at radius 1 is 0.862 bits per heavy atom. The molecule has 0 aromatic heterocycles. The van der Waals surface area contributed by atoms with Crippen molar-refractivity contribution in [3.63, 3.8) is 0 Å². The van der Waals surface area contributed by atoms with Crippen LogP contribution in [0.2, 0.25) is 0 Å². The molecule has 0 aliphatic rings. The largest absolute Gasteiger partial charge is 0.508 e. The molecule has 0 saturated carbocycles. The van der Waals surface area contributed by atoms with E-state index in [0.29, 0.717) is 36.1 Å². The van der Waals surface area contributed by atoms with E-state index in [4.69, 9.17) is 0 Å². The van der Waals surface area contributed by atoms with Crippen LogP contribution in [0.15, 0.2) is 78.9 Å². The van der Waals surface area contributed by atoms with Gasteiger partial charge in [-0.3, -0.25) is 4.79 Å². The molecule has 5 heteroatoms. The van der Waals surface area contributed by atoms with Crippen LogP contribution in [-0.4, -0.2) is 28.0 Å². The zero-order valence-electron chi connectivity index (χ0n) is 15.9. The number of aliphatic carboxylic acids is 1. The van der Waals surface area contributed by atoms with Crippen LogP contribution in [0.4, 0.5) is 5.69 Å². The second-order valence-electron chi connectivity index (χ2n) is 6.83. The molecule has 1 unspecified atom stereocenters. The Morgan fingerprint density at radius 2 is 1.52 bits per heavy atom. The molecule has 5 nitrogen and oxygen atoms in total. The van der Waals surface area contributed by atoms with E-state index < -0.39 is 12.0 Å². The minimum absolute atomic E-state index is 0.151. The fourth-order valence-corrected chi connectivity index (χ4v) is 3.17. The maximum atomic E-state index is 12.8. The van der Waals surface area contributed by atoms with Crippen molar-refractivity contribution in [3.05, 3.63) is 95.6 Å². The lowest BCUT2D eigenvalue weighted by molar-refractivity contribution is -0.138. The van der Waals surface area contributed by atoms with Gasteiger partial charge in [-0.15, -0.1) is 0 Å². The van der Waals surface area contributed by atoms with E-state index in [1.54, 1.807) is 60.7 Å². The number of benzene rings is 3. The minimum Gasteiger partial charge on any atom is -0.508 e. The molecule has 0 radical (unpaired) electrons. The molecule has 3 rings (SSSR count). The zero-order chi connectivity index (χ0) is 20.6. The highest BCUT2D eigenvalue weighted by atomic mass is 16.4. The van der Waals surface area contributed by atoms with Gasteiger partial charge in [0.15, 0.2) is 5.78 Å². The van der Waals surface area contributed by atoms with Gasteiger partial charge in [0.25, 0.3) is 0 Å². The van der Waals surface area contributed by atoms with Crippen molar-refractivity contribution in [2.24, 2.45) is 0 Å². The number of aryl methyl sites for hydroxylation is 1. The first-order valence-electron chi connectivity index (χ1n) is 9.50. The van der Waals surface area contributed by atoms with Gasteiger partial charge < -0.3 is 15.5 Å². The number of rotatable bonds is 9. The van der Waals surface area contributed by atoms with Gasteiger partial charge in [-0.1, -0.05) is 54.6 Å². The number of hydrogen-bond donors (Lipinski definition) is 3. The number of hydrogen-bond acceptors (Lipinski definition) is 4. The highest BCUT2D eigenvalue weighted by molar-refractivity contribution is 6.12. The number of carbonyl (C=O) groups is 2. The smallest absolute Gasteiger partial charge is 0.326 e. The molecule has 1 atom stereocenters. The third-order valence-electron chi connectivity index (χ3n) is 4.73. The third kappa shape index (κ3) is 5.45. The molecule has 148 valence electrons. The van der Waals surface area contributed by atoms with Crippen LogP contribution in [0, 0.1) is 0 Å². The molecule has 0 aliphatic heterocycles. The van der Waals surface area contributed by atoms with Crippen molar-refractivity contribution in [3.8, 4) is 5.75 Å². The van der Waals surface area contributed by atoms with Gasteiger partial charge in [-0.25, -0.2) is 4.79 Å². The molecule has 0 bridgehead atoms. The molecular weight excluding hydrogens is 366 g/mol. The highest BCUT2D eigenvalue weighted by Gasteiger charge is 2.20. The van der Waals surface area contributed by atoms with Crippen molar-refractivity contribution < 1.29 is 19.8 Å². The van der Waals surface area contributed by atoms with Crippen molar-refractivity contribution in [1.82, 2.24) is 0 Å². The van der Waals surface area contributed by atoms with Crippen LogP contribution in [0.1, 0.15) is 34.3 Å². The zero-order valence-corrected chi connectivity index (χ0v) is 15.9. The van der Waals surface area contributed by atoms with E-state index in [-0.39, 0.29) is 11.5 Å². The van der Waals surface area contributed by atoms with Gasteiger partial charge in [0, 0.05) is 16.8 Å². The molecule has 3 aromatic rings. The first-order chi connectivity index (χ1) is 14.0. The Kier molecular flexibility index (Phi) is 6.63. The van der Waals surface area contributed by atoms with Gasteiger partial charge >= 0.3 is 5.97 Å². The average molecular weight is 389 g/mol. The number of ketones is 1. The maximum Gasteiger partial charge on any atom is 0.326 e. The van der Waals surface area contributed by atoms with Gasteiger partial charge in [-0.2, -0.15) is 0 Å². The second-order valence-corrected chi connectivity index (χ2v) is 6.83. The number of phenolic OH excluding ortho intramolecular Hbond substituents is 1. The van der Waals surface area contributed by atoms with E-state index in [1.807, 2.05) is 18.2 Å². The van der Waals surface area contributed by atoms with E-state index >= 15 is 0 Å². The van der Waals surface area contributed by atoms with Crippen LogP contribution in [-0.2, 0) is 11.2 Å². The van der Waals surface area contributed by atoms with Crippen LogP contribution in [0.25, 0.3) is 0 Å². The fraction of sp³-hybridized carbons (Fsp3) is 0.167. The van der Waals surface area contributed by atoms with Crippen LogP contribution in [0.3, 0.4) is 0 Å². The van der Waals surface area contributed by atoms with E-state index in [2.05, 4.69) is 5.32 Å². The monoisotopic (exact) mass is 389 g/mol. The lowest BCUT2D eigenvalue weighted by atomic mass is 10.00. The van der Waals surface area contributed by atoms with Gasteiger partial charge in [0.2, 0.25) is 0 Å². The number of anilines is 1. The van der Waals surface area contributed by atoms with E-state index in [1.165, 1.54) is 0 Å². The Balaban J connectivity index is 1.70. The summed E-state index contributed by atoms with van der Waals surface area (Å²) < 4.78 is 0. The van der Waals surface area contributed by atoms with E-state index in [9.17, 15) is 19.8 Å². The molecule has 0 spiro atoms. The summed E-state index contributed by atoms with van der Waals surface area (Å²) in [4.78, 5) is 24.6. The van der Waals surface area contributed by atoms with Gasteiger partial charge in [-0.05, 0) is 49.1 Å². The molecule has 29 heavy (non-hydrogen) atoms. The number of phenols is 1. The number of para-hydroxylation sites is 1. The molecule has 0 fully saturated rings. The van der Waals surface area contributed by atoms with Crippen molar-refractivity contribution >= 4 is 17.4 Å². The summed E-state index contributed by atoms with van der Waals surface area (Å²) >= 11 is 0. The summed E-state index contributed by atoms with van der Waals surface area (Å²) in [5.41, 5.74) is 2.55. The predicted octanol–water partition coefficient (Wildman–Crippen LogP) is 4.51. The summed E-state index contributed by atoms with van der Waals surface area (Å²) in [5.74, 6) is -0.905. The Hall–Kier alpha value is -3.60. The average Bonchev–Trinajstić information content (AvgIpc) is 2.74. The number of aromatic hydroxyl groups is 1.